The van der Waals surface area contributed by atoms with Crippen LogP contribution in [0.1, 0.15) is 16.1 Å². The van der Waals surface area contributed by atoms with Crippen molar-refractivity contribution in [1.82, 2.24) is 9.97 Å². The summed E-state index contributed by atoms with van der Waals surface area (Å²) in [6, 6.07) is 15.8. The van der Waals surface area contributed by atoms with E-state index in [4.69, 9.17) is 11.5 Å². The lowest BCUT2D eigenvalue weighted by Gasteiger charge is -2.09. The van der Waals surface area contributed by atoms with E-state index in [1.54, 1.807) is 48.5 Å². The van der Waals surface area contributed by atoms with Crippen LogP contribution < -0.4 is 22.1 Å². The molecule has 7 heteroatoms. The van der Waals surface area contributed by atoms with Gasteiger partial charge in [-0.3, -0.25) is 4.79 Å². The molecule has 1 aromatic heterocycles. The normalized spacial score (nSPS) is 10.3. The summed E-state index contributed by atoms with van der Waals surface area (Å²) in [7, 11) is 0. The number of anilines is 5. The van der Waals surface area contributed by atoms with Crippen LogP contribution in [0.25, 0.3) is 0 Å². The highest BCUT2D eigenvalue weighted by atomic mass is 16.1. The Morgan fingerprint density at radius 3 is 2.44 bits per heavy atom. The van der Waals surface area contributed by atoms with Crippen LogP contribution in [0.4, 0.5) is 28.8 Å². The predicted molar refractivity (Wildman–Crippen MR) is 99.7 cm³/mol. The quantitative estimate of drug-likeness (QED) is 0.545. The van der Waals surface area contributed by atoms with Crippen LogP contribution in [0.2, 0.25) is 0 Å². The Kier molecular flexibility index (Phi) is 4.47. The molecule has 126 valence electrons. The lowest BCUT2D eigenvalue weighted by atomic mass is 10.1. The number of nitrogens with two attached hydrogens (primary N) is 2. The number of nitrogen functional groups attached to an aromatic ring is 2. The van der Waals surface area contributed by atoms with Crippen molar-refractivity contribution in [2.24, 2.45) is 0 Å². The second-order valence-corrected chi connectivity index (χ2v) is 5.53. The number of aromatic nitrogens is 2. The van der Waals surface area contributed by atoms with Crippen molar-refractivity contribution in [2.45, 2.75) is 6.92 Å². The minimum Gasteiger partial charge on any atom is -0.399 e. The fourth-order valence-electron chi connectivity index (χ4n) is 2.31. The standard InChI is InChI=1S/C18H18N6O/c1-11-9-16(24-18(20)21-11)22-15-4-2-3-12(10-15)17(25)23-14-7-5-13(19)6-8-14/h2-10H,19H2,1H3,(H,23,25)(H3,20,21,22,24). The number of carbonyl (C=O) groups is 1. The number of hydrogen-bond donors (Lipinski definition) is 4. The Morgan fingerprint density at radius 2 is 1.72 bits per heavy atom. The summed E-state index contributed by atoms with van der Waals surface area (Å²) < 4.78 is 0. The summed E-state index contributed by atoms with van der Waals surface area (Å²) in [5, 5.41) is 5.95. The van der Waals surface area contributed by atoms with E-state index in [1.165, 1.54) is 0 Å². The van der Waals surface area contributed by atoms with Gasteiger partial charge in [0.05, 0.1) is 0 Å². The maximum atomic E-state index is 12.4. The Bertz CT molecular complexity index is 887. The van der Waals surface area contributed by atoms with Crippen molar-refractivity contribution in [3.8, 4) is 0 Å². The van der Waals surface area contributed by atoms with Gasteiger partial charge in [0.2, 0.25) is 5.95 Å². The van der Waals surface area contributed by atoms with Gasteiger partial charge in [-0.1, -0.05) is 6.07 Å². The monoisotopic (exact) mass is 334 g/mol. The highest BCUT2D eigenvalue weighted by Gasteiger charge is 2.08. The van der Waals surface area contributed by atoms with Gasteiger partial charge in [0.25, 0.3) is 5.91 Å². The van der Waals surface area contributed by atoms with Gasteiger partial charge in [-0.15, -0.1) is 0 Å². The minimum atomic E-state index is -0.216. The molecule has 3 aromatic rings. The van der Waals surface area contributed by atoms with E-state index in [2.05, 4.69) is 20.6 Å². The van der Waals surface area contributed by atoms with Crippen LogP contribution in [-0.2, 0) is 0 Å². The topological polar surface area (TPSA) is 119 Å². The Balaban J connectivity index is 1.76. The molecule has 0 atom stereocenters. The molecule has 7 nitrogen and oxygen atoms in total. The molecule has 0 unspecified atom stereocenters. The number of amides is 1. The van der Waals surface area contributed by atoms with Crippen LogP contribution in [0.15, 0.2) is 54.6 Å². The zero-order chi connectivity index (χ0) is 17.8. The first-order valence-corrected chi connectivity index (χ1v) is 7.65. The highest BCUT2D eigenvalue weighted by Crippen LogP contribution is 2.18. The van der Waals surface area contributed by atoms with E-state index in [0.29, 0.717) is 22.8 Å². The van der Waals surface area contributed by atoms with E-state index < -0.39 is 0 Å². The fourth-order valence-corrected chi connectivity index (χ4v) is 2.31. The van der Waals surface area contributed by atoms with Crippen molar-refractivity contribution in [3.05, 3.63) is 65.9 Å². The molecule has 2 aromatic carbocycles. The third kappa shape index (κ3) is 4.23. The second kappa shape index (κ2) is 6.88. The van der Waals surface area contributed by atoms with Crippen LogP contribution in [-0.4, -0.2) is 15.9 Å². The molecular weight excluding hydrogens is 316 g/mol. The Labute approximate surface area is 145 Å². The molecule has 0 bridgehead atoms. The lowest BCUT2D eigenvalue weighted by Crippen LogP contribution is -2.12. The molecule has 25 heavy (non-hydrogen) atoms. The maximum Gasteiger partial charge on any atom is 0.255 e. The number of hydrogen-bond acceptors (Lipinski definition) is 6. The van der Waals surface area contributed by atoms with Gasteiger partial charge in [0.15, 0.2) is 0 Å². The average molecular weight is 334 g/mol. The van der Waals surface area contributed by atoms with E-state index in [0.717, 1.165) is 11.4 Å². The third-order valence-electron chi connectivity index (χ3n) is 3.44. The van der Waals surface area contributed by atoms with E-state index >= 15 is 0 Å². The Hall–Kier alpha value is -3.61. The summed E-state index contributed by atoms with van der Waals surface area (Å²) in [6.07, 6.45) is 0. The lowest BCUT2D eigenvalue weighted by molar-refractivity contribution is 0.102. The molecule has 6 N–H and O–H groups in total. The number of nitrogens with one attached hydrogen (secondary N) is 2. The Morgan fingerprint density at radius 1 is 0.960 bits per heavy atom. The molecule has 0 aliphatic carbocycles. The number of benzene rings is 2. The summed E-state index contributed by atoms with van der Waals surface area (Å²) in [5.74, 6) is 0.549. The van der Waals surface area contributed by atoms with Crippen molar-refractivity contribution >= 4 is 34.7 Å². The maximum absolute atomic E-state index is 12.4. The van der Waals surface area contributed by atoms with E-state index in [1.807, 2.05) is 13.0 Å². The average Bonchev–Trinajstić information content (AvgIpc) is 2.56. The van der Waals surface area contributed by atoms with Crippen molar-refractivity contribution in [2.75, 3.05) is 22.1 Å². The second-order valence-electron chi connectivity index (χ2n) is 5.53. The molecule has 3 rings (SSSR count). The van der Waals surface area contributed by atoms with Gasteiger partial charge >= 0.3 is 0 Å². The number of rotatable bonds is 4. The molecule has 0 spiro atoms. The fraction of sp³-hybridized carbons (Fsp3) is 0.0556. The van der Waals surface area contributed by atoms with E-state index in [9.17, 15) is 4.79 Å². The van der Waals surface area contributed by atoms with Crippen LogP contribution in [0.5, 0.6) is 0 Å². The molecular formula is C18H18N6O. The minimum absolute atomic E-state index is 0.194. The first-order chi connectivity index (χ1) is 12.0. The third-order valence-corrected chi connectivity index (χ3v) is 3.44. The predicted octanol–water partition coefficient (Wildman–Crippen LogP) is 2.95. The van der Waals surface area contributed by atoms with Gasteiger partial charge in [-0.25, -0.2) is 4.98 Å². The van der Waals surface area contributed by atoms with Crippen molar-refractivity contribution in [1.29, 1.82) is 0 Å². The molecule has 0 aliphatic heterocycles. The summed E-state index contributed by atoms with van der Waals surface area (Å²) >= 11 is 0. The molecule has 0 fully saturated rings. The molecule has 0 saturated carbocycles. The first kappa shape index (κ1) is 16.3. The van der Waals surface area contributed by atoms with Gasteiger partial charge < -0.3 is 22.1 Å². The number of nitrogens with zero attached hydrogens (tertiary/aromatic N) is 2. The molecule has 0 radical (unpaired) electrons. The van der Waals surface area contributed by atoms with Crippen LogP contribution in [0, 0.1) is 6.92 Å². The SMILES string of the molecule is Cc1cc(Nc2cccc(C(=O)Nc3ccc(N)cc3)c2)nc(N)n1. The molecule has 0 saturated heterocycles. The summed E-state index contributed by atoms with van der Waals surface area (Å²) in [4.78, 5) is 20.5. The molecule has 0 aliphatic rings. The zero-order valence-electron chi connectivity index (χ0n) is 13.7. The van der Waals surface area contributed by atoms with E-state index in [-0.39, 0.29) is 11.9 Å². The summed E-state index contributed by atoms with van der Waals surface area (Å²) in [5.41, 5.74) is 14.6. The van der Waals surface area contributed by atoms with Gasteiger partial charge in [-0.05, 0) is 49.4 Å². The molecule has 1 amide bonds. The molecule has 1 heterocycles. The smallest absolute Gasteiger partial charge is 0.255 e. The number of aryl methyl sites for hydroxylation is 1. The van der Waals surface area contributed by atoms with Crippen LogP contribution >= 0.6 is 0 Å². The summed E-state index contributed by atoms with van der Waals surface area (Å²) in [6.45, 7) is 1.83. The van der Waals surface area contributed by atoms with Crippen molar-refractivity contribution in [3.63, 3.8) is 0 Å². The largest absolute Gasteiger partial charge is 0.399 e. The van der Waals surface area contributed by atoms with Crippen LogP contribution in [0.3, 0.4) is 0 Å². The van der Waals surface area contributed by atoms with Gasteiger partial charge in [-0.2, -0.15) is 4.98 Å². The zero-order valence-corrected chi connectivity index (χ0v) is 13.7. The van der Waals surface area contributed by atoms with Gasteiger partial charge in [0.1, 0.15) is 5.82 Å². The van der Waals surface area contributed by atoms with Crippen molar-refractivity contribution < 1.29 is 4.79 Å². The highest BCUT2D eigenvalue weighted by molar-refractivity contribution is 6.04. The number of carbonyl (C=O) groups excluding carboxylic acids is 1. The first-order valence-electron chi connectivity index (χ1n) is 7.65. The van der Waals surface area contributed by atoms with Gasteiger partial charge in [0, 0.05) is 34.4 Å².